The van der Waals surface area contributed by atoms with E-state index in [9.17, 15) is 9.59 Å². The van der Waals surface area contributed by atoms with E-state index in [-0.39, 0.29) is 17.3 Å². The number of H-pyrrole nitrogens is 1. The predicted octanol–water partition coefficient (Wildman–Crippen LogP) is 0.934. The van der Waals surface area contributed by atoms with Crippen LogP contribution < -0.4 is 16.6 Å². The highest BCUT2D eigenvalue weighted by atomic mass is 32.1. The third kappa shape index (κ3) is 2.96. The summed E-state index contributed by atoms with van der Waals surface area (Å²) in [4.78, 5) is 34.3. The molecule has 0 aliphatic rings. The lowest BCUT2D eigenvalue weighted by Crippen LogP contribution is -2.27. The number of aromatic amines is 1. The number of hydrogen-bond acceptors (Lipinski definition) is 6. The fraction of sp³-hybridized carbons (Fsp3) is 0.143. The summed E-state index contributed by atoms with van der Waals surface area (Å²) >= 11 is 1.43. The Hall–Kier alpha value is -2.74. The van der Waals surface area contributed by atoms with E-state index in [1.165, 1.54) is 17.4 Å². The van der Waals surface area contributed by atoms with Crippen molar-refractivity contribution >= 4 is 33.3 Å². The van der Waals surface area contributed by atoms with E-state index in [1.807, 2.05) is 6.07 Å². The molecule has 0 atom stereocenters. The highest BCUT2D eigenvalue weighted by Gasteiger charge is 2.11. The maximum atomic E-state index is 12.2. The van der Waals surface area contributed by atoms with Gasteiger partial charge in [-0.2, -0.15) is 0 Å². The first-order valence-electron chi connectivity index (χ1n) is 6.59. The molecule has 0 spiro atoms. The van der Waals surface area contributed by atoms with Crippen molar-refractivity contribution in [1.82, 2.24) is 20.3 Å². The van der Waals surface area contributed by atoms with Crippen molar-refractivity contribution in [2.45, 2.75) is 6.42 Å². The van der Waals surface area contributed by atoms with Crippen molar-refractivity contribution in [3.63, 3.8) is 0 Å². The lowest BCUT2D eigenvalue weighted by molar-refractivity contribution is 0.0956. The van der Waals surface area contributed by atoms with E-state index >= 15 is 0 Å². The highest BCUT2D eigenvalue weighted by molar-refractivity contribution is 7.17. The molecule has 0 radical (unpaired) electrons. The Balaban J connectivity index is 1.67. The molecule has 4 N–H and O–H groups in total. The Labute approximate surface area is 129 Å². The van der Waals surface area contributed by atoms with Gasteiger partial charge in [-0.3, -0.25) is 9.59 Å². The van der Waals surface area contributed by atoms with Gasteiger partial charge in [0.05, 0.1) is 21.3 Å². The van der Waals surface area contributed by atoms with E-state index in [4.69, 9.17) is 5.73 Å². The van der Waals surface area contributed by atoms with Gasteiger partial charge >= 0.3 is 0 Å². The van der Waals surface area contributed by atoms with Crippen molar-refractivity contribution in [3.8, 4) is 0 Å². The van der Waals surface area contributed by atoms with Crippen LogP contribution in [0.5, 0.6) is 0 Å². The number of rotatable bonds is 4. The van der Waals surface area contributed by atoms with Crippen LogP contribution in [0, 0.1) is 0 Å². The van der Waals surface area contributed by atoms with Crippen LogP contribution in [0.2, 0.25) is 0 Å². The molecule has 0 fully saturated rings. The molecule has 112 valence electrons. The number of carbonyl (C=O) groups is 1. The number of aromatic nitrogens is 3. The van der Waals surface area contributed by atoms with E-state index in [1.54, 1.807) is 17.6 Å². The molecule has 0 bridgehead atoms. The molecule has 1 aromatic carbocycles. The summed E-state index contributed by atoms with van der Waals surface area (Å²) in [5.41, 5.74) is 8.31. The minimum Gasteiger partial charge on any atom is -0.383 e. The first kappa shape index (κ1) is 14.2. The van der Waals surface area contributed by atoms with Gasteiger partial charge in [0.15, 0.2) is 0 Å². The smallest absolute Gasteiger partial charge is 0.252 e. The van der Waals surface area contributed by atoms with E-state index in [0.29, 0.717) is 24.4 Å². The summed E-state index contributed by atoms with van der Waals surface area (Å²) in [6.45, 7) is 0.348. The predicted molar refractivity (Wildman–Crippen MR) is 84.9 cm³/mol. The fourth-order valence-electron chi connectivity index (χ4n) is 2.10. The Morgan fingerprint density at radius 2 is 2.27 bits per heavy atom. The topological polar surface area (TPSA) is 114 Å². The maximum absolute atomic E-state index is 12.2. The maximum Gasteiger partial charge on any atom is 0.252 e. The fourth-order valence-corrected chi connectivity index (χ4v) is 2.90. The lowest BCUT2D eigenvalue weighted by Gasteiger charge is -2.06. The summed E-state index contributed by atoms with van der Waals surface area (Å²) in [6.07, 6.45) is 0.394. The number of fused-ring (bicyclic) bond motifs is 1. The van der Waals surface area contributed by atoms with Crippen LogP contribution in [-0.2, 0) is 6.42 Å². The summed E-state index contributed by atoms with van der Waals surface area (Å²) < 4.78 is 0.857. The minimum absolute atomic E-state index is 0.166. The van der Waals surface area contributed by atoms with Gasteiger partial charge in [-0.25, -0.2) is 9.97 Å². The normalized spacial score (nSPS) is 10.7. The number of benzene rings is 1. The van der Waals surface area contributed by atoms with Crippen molar-refractivity contribution in [3.05, 3.63) is 51.5 Å². The van der Waals surface area contributed by atoms with E-state index in [2.05, 4.69) is 20.3 Å². The first-order valence-corrected chi connectivity index (χ1v) is 7.47. The van der Waals surface area contributed by atoms with Crippen LogP contribution >= 0.6 is 11.3 Å². The standard InChI is InChI=1S/C14H13N5O2S/c15-10-6-12(20)19-11(18-10)4-5-16-14(21)8-2-1-3-9-13(8)22-7-17-9/h1-3,6-7H,4-5H2,(H,16,21)(H3,15,18,19,20). The molecule has 0 saturated heterocycles. The average molecular weight is 315 g/mol. The highest BCUT2D eigenvalue weighted by Crippen LogP contribution is 2.21. The molecular weight excluding hydrogens is 302 g/mol. The van der Waals surface area contributed by atoms with E-state index < -0.39 is 0 Å². The summed E-state index contributed by atoms with van der Waals surface area (Å²) in [6, 6.07) is 6.64. The zero-order valence-corrected chi connectivity index (χ0v) is 12.3. The SMILES string of the molecule is Nc1cc(=O)[nH]c(CCNC(=O)c2cccc3ncsc23)n1. The average Bonchev–Trinajstić information content (AvgIpc) is 2.94. The van der Waals surface area contributed by atoms with E-state index in [0.717, 1.165) is 10.2 Å². The second kappa shape index (κ2) is 5.94. The van der Waals surface area contributed by atoms with Crippen LogP contribution in [0.1, 0.15) is 16.2 Å². The number of carbonyl (C=O) groups excluding carboxylic acids is 1. The molecule has 0 unspecified atom stereocenters. The molecule has 1 amide bonds. The third-order valence-corrected chi connectivity index (χ3v) is 3.93. The quantitative estimate of drug-likeness (QED) is 0.663. The van der Waals surface area contributed by atoms with Gasteiger partial charge in [0.2, 0.25) is 0 Å². The van der Waals surface area contributed by atoms with Gasteiger partial charge in [0, 0.05) is 19.0 Å². The Morgan fingerprint density at radius 3 is 3.09 bits per heavy atom. The molecule has 0 aliphatic heterocycles. The molecule has 0 saturated carbocycles. The van der Waals surface area contributed by atoms with Crippen LogP contribution in [0.3, 0.4) is 0 Å². The zero-order chi connectivity index (χ0) is 15.5. The molecule has 2 aromatic heterocycles. The molecule has 2 heterocycles. The van der Waals surface area contributed by atoms with Gasteiger partial charge in [0.25, 0.3) is 11.5 Å². The second-order valence-corrected chi connectivity index (χ2v) is 5.48. The van der Waals surface area contributed by atoms with Gasteiger partial charge in [-0.1, -0.05) is 6.07 Å². The van der Waals surface area contributed by atoms with Crippen LogP contribution in [-0.4, -0.2) is 27.4 Å². The zero-order valence-electron chi connectivity index (χ0n) is 11.5. The lowest BCUT2D eigenvalue weighted by atomic mass is 10.2. The number of nitrogens with one attached hydrogen (secondary N) is 2. The van der Waals surface area contributed by atoms with Gasteiger partial charge < -0.3 is 16.0 Å². The first-order chi connectivity index (χ1) is 10.6. The summed E-state index contributed by atoms with van der Waals surface area (Å²) in [7, 11) is 0. The van der Waals surface area contributed by atoms with Crippen molar-refractivity contribution in [2.75, 3.05) is 12.3 Å². The van der Waals surface area contributed by atoms with Gasteiger partial charge in [-0.15, -0.1) is 11.3 Å². The molecule has 0 aliphatic carbocycles. The second-order valence-electron chi connectivity index (χ2n) is 4.63. The molecule has 22 heavy (non-hydrogen) atoms. The van der Waals surface area contributed by atoms with Crippen molar-refractivity contribution in [2.24, 2.45) is 0 Å². The van der Waals surface area contributed by atoms with Crippen LogP contribution in [0.15, 0.2) is 34.6 Å². The molecular formula is C14H13N5O2S. The van der Waals surface area contributed by atoms with Crippen molar-refractivity contribution < 1.29 is 4.79 Å². The van der Waals surface area contributed by atoms with Crippen LogP contribution in [0.25, 0.3) is 10.2 Å². The molecule has 3 aromatic rings. The van der Waals surface area contributed by atoms with Gasteiger partial charge in [0.1, 0.15) is 11.6 Å². The number of thiazole rings is 1. The Morgan fingerprint density at radius 1 is 1.41 bits per heavy atom. The number of nitrogens with two attached hydrogens (primary N) is 1. The van der Waals surface area contributed by atoms with Gasteiger partial charge in [-0.05, 0) is 12.1 Å². The number of nitrogen functional groups attached to an aromatic ring is 1. The molecule has 8 heteroatoms. The Kier molecular flexibility index (Phi) is 3.84. The number of anilines is 1. The number of nitrogens with zero attached hydrogens (tertiary/aromatic N) is 2. The summed E-state index contributed by atoms with van der Waals surface area (Å²) in [5, 5.41) is 2.81. The number of hydrogen-bond donors (Lipinski definition) is 3. The molecule has 7 nitrogen and oxygen atoms in total. The monoisotopic (exact) mass is 315 g/mol. The minimum atomic E-state index is -0.303. The number of amides is 1. The molecule has 3 rings (SSSR count). The third-order valence-electron chi connectivity index (χ3n) is 3.06. The summed E-state index contributed by atoms with van der Waals surface area (Å²) in [5.74, 6) is 0.432. The van der Waals surface area contributed by atoms with Crippen molar-refractivity contribution in [1.29, 1.82) is 0 Å². The van der Waals surface area contributed by atoms with Crippen LogP contribution in [0.4, 0.5) is 5.82 Å². The Bertz CT molecular complexity index is 886. The largest absolute Gasteiger partial charge is 0.383 e.